The van der Waals surface area contributed by atoms with E-state index in [1.807, 2.05) is 49.5 Å². The lowest BCUT2D eigenvalue weighted by atomic mass is 10.0. The predicted molar refractivity (Wildman–Crippen MR) is 76.2 cm³/mol. The lowest BCUT2D eigenvalue weighted by Crippen LogP contribution is -2.05. The number of para-hydroxylation sites is 1. The summed E-state index contributed by atoms with van der Waals surface area (Å²) in [5.74, 6) is 0.533. The number of benzene rings is 1. The van der Waals surface area contributed by atoms with E-state index in [2.05, 4.69) is 5.10 Å². The number of hydrogen-bond acceptors (Lipinski definition) is 3. The first-order chi connectivity index (χ1) is 9.81. The van der Waals surface area contributed by atoms with Gasteiger partial charge in [0.05, 0.1) is 29.4 Å². The van der Waals surface area contributed by atoms with Gasteiger partial charge in [0, 0.05) is 6.20 Å². The van der Waals surface area contributed by atoms with Crippen molar-refractivity contribution in [3.63, 3.8) is 0 Å². The summed E-state index contributed by atoms with van der Waals surface area (Å²) in [5.41, 5.74) is 1.94. The lowest BCUT2D eigenvalue weighted by Gasteiger charge is -2.08. The maximum Gasteiger partial charge on any atom is 0.200 e. The van der Waals surface area contributed by atoms with Crippen LogP contribution in [0.5, 0.6) is 5.75 Å². The number of carbonyl (C=O) groups excluding carboxylic acids is 1. The van der Waals surface area contributed by atoms with Crippen molar-refractivity contribution in [3.05, 3.63) is 66.0 Å². The summed E-state index contributed by atoms with van der Waals surface area (Å²) in [5, 5.41) is 4.20. The predicted octanol–water partition coefficient (Wildman–Crippen LogP) is 2.96. The molecule has 0 unspecified atom stereocenters. The Hall–Kier alpha value is -2.62. The Balaban J connectivity index is 2.09. The molecule has 3 rings (SSSR count). The molecule has 0 fully saturated rings. The van der Waals surface area contributed by atoms with Crippen LogP contribution in [0.4, 0.5) is 0 Å². The zero-order chi connectivity index (χ0) is 13.9. The number of ether oxygens (including phenoxy) is 1. The Morgan fingerprint density at radius 2 is 1.95 bits per heavy atom. The number of hydrogen-bond donors (Lipinski definition) is 0. The Morgan fingerprint density at radius 3 is 2.80 bits per heavy atom. The summed E-state index contributed by atoms with van der Waals surface area (Å²) in [6.45, 7) is 2.43. The van der Waals surface area contributed by atoms with Crippen LogP contribution in [0.3, 0.4) is 0 Å². The SMILES string of the molecule is CCOc1ccccc1C(=O)c1cnn2ccccc12. The maximum atomic E-state index is 12.7. The smallest absolute Gasteiger partial charge is 0.200 e. The molecule has 2 aromatic heterocycles. The molecule has 0 aliphatic heterocycles. The molecule has 0 N–H and O–H groups in total. The second kappa shape index (κ2) is 5.17. The molecule has 0 atom stereocenters. The van der Waals surface area contributed by atoms with Gasteiger partial charge in [-0.15, -0.1) is 0 Å². The highest BCUT2D eigenvalue weighted by molar-refractivity contribution is 6.14. The van der Waals surface area contributed by atoms with Crippen molar-refractivity contribution >= 4 is 11.3 Å². The third kappa shape index (κ3) is 2.05. The molecular weight excluding hydrogens is 252 g/mol. The Morgan fingerprint density at radius 1 is 1.15 bits per heavy atom. The van der Waals surface area contributed by atoms with Crippen LogP contribution in [0.1, 0.15) is 22.8 Å². The average molecular weight is 266 g/mol. The molecule has 0 spiro atoms. The van der Waals surface area contributed by atoms with Crippen LogP contribution in [0.2, 0.25) is 0 Å². The molecule has 0 bridgehead atoms. The minimum absolute atomic E-state index is 0.0738. The summed E-state index contributed by atoms with van der Waals surface area (Å²) in [7, 11) is 0. The molecule has 3 aromatic rings. The van der Waals surface area contributed by atoms with Gasteiger partial charge in [-0.3, -0.25) is 4.79 Å². The van der Waals surface area contributed by atoms with E-state index < -0.39 is 0 Å². The highest BCUT2D eigenvalue weighted by Crippen LogP contribution is 2.23. The topological polar surface area (TPSA) is 43.6 Å². The van der Waals surface area contributed by atoms with Crippen LogP contribution in [-0.2, 0) is 0 Å². The van der Waals surface area contributed by atoms with Crippen molar-refractivity contribution in [3.8, 4) is 5.75 Å². The fourth-order valence-electron chi connectivity index (χ4n) is 2.19. The van der Waals surface area contributed by atoms with Gasteiger partial charge in [-0.05, 0) is 31.2 Å². The van der Waals surface area contributed by atoms with Gasteiger partial charge in [-0.25, -0.2) is 4.52 Å². The minimum Gasteiger partial charge on any atom is -0.493 e. The van der Waals surface area contributed by atoms with Crippen molar-refractivity contribution in [1.82, 2.24) is 9.61 Å². The third-order valence-corrected chi connectivity index (χ3v) is 3.10. The van der Waals surface area contributed by atoms with E-state index in [-0.39, 0.29) is 5.78 Å². The van der Waals surface area contributed by atoms with E-state index >= 15 is 0 Å². The summed E-state index contributed by atoms with van der Waals surface area (Å²) >= 11 is 0. The van der Waals surface area contributed by atoms with Gasteiger partial charge < -0.3 is 4.74 Å². The molecule has 100 valence electrons. The van der Waals surface area contributed by atoms with Crippen molar-refractivity contribution in [1.29, 1.82) is 0 Å². The van der Waals surface area contributed by atoms with Crippen molar-refractivity contribution < 1.29 is 9.53 Å². The maximum absolute atomic E-state index is 12.7. The van der Waals surface area contributed by atoms with Crippen LogP contribution in [0, 0.1) is 0 Å². The molecule has 0 amide bonds. The highest BCUT2D eigenvalue weighted by Gasteiger charge is 2.18. The van der Waals surface area contributed by atoms with Gasteiger partial charge in [0.25, 0.3) is 0 Å². The Bertz CT molecular complexity index is 762. The normalized spacial score (nSPS) is 10.7. The largest absolute Gasteiger partial charge is 0.493 e. The molecule has 4 heteroatoms. The van der Waals surface area contributed by atoms with E-state index in [0.29, 0.717) is 23.5 Å². The van der Waals surface area contributed by atoms with E-state index in [4.69, 9.17) is 4.74 Å². The molecule has 0 saturated carbocycles. The molecule has 0 saturated heterocycles. The number of ketones is 1. The molecule has 0 aliphatic carbocycles. The summed E-state index contributed by atoms with van der Waals surface area (Å²) < 4.78 is 7.21. The number of nitrogens with zero attached hydrogens (tertiary/aromatic N) is 2. The van der Waals surface area contributed by atoms with Crippen molar-refractivity contribution in [2.24, 2.45) is 0 Å². The van der Waals surface area contributed by atoms with Crippen molar-refractivity contribution in [2.75, 3.05) is 6.61 Å². The third-order valence-electron chi connectivity index (χ3n) is 3.10. The summed E-state index contributed by atoms with van der Waals surface area (Å²) in [4.78, 5) is 12.7. The molecule has 4 nitrogen and oxygen atoms in total. The number of aromatic nitrogens is 2. The first-order valence-corrected chi connectivity index (χ1v) is 6.50. The van der Waals surface area contributed by atoms with Gasteiger partial charge >= 0.3 is 0 Å². The van der Waals surface area contributed by atoms with Crippen LogP contribution < -0.4 is 4.74 Å². The quantitative estimate of drug-likeness (QED) is 0.682. The number of rotatable bonds is 4. The van der Waals surface area contributed by atoms with Gasteiger partial charge in [0.15, 0.2) is 0 Å². The second-order valence-electron chi connectivity index (χ2n) is 4.35. The molecule has 0 radical (unpaired) electrons. The molecule has 20 heavy (non-hydrogen) atoms. The van der Waals surface area contributed by atoms with Gasteiger partial charge in [-0.1, -0.05) is 18.2 Å². The summed E-state index contributed by atoms with van der Waals surface area (Å²) in [6.07, 6.45) is 3.42. The van der Waals surface area contributed by atoms with E-state index in [0.717, 1.165) is 5.52 Å². The zero-order valence-corrected chi connectivity index (χ0v) is 11.1. The lowest BCUT2D eigenvalue weighted by molar-refractivity contribution is 0.103. The van der Waals surface area contributed by atoms with E-state index in [1.54, 1.807) is 16.8 Å². The number of carbonyl (C=O) groups is 1. The average Bonchev–Trinajstić information content (AvgIpc) is 2.91. The second-order valence-corrected chi connectivity index (χ2v) is 4.35. The van der Waals surface area contributed by atoms with Gasteiger partial charge in [0.2, 0.25) is 5.78 Å². The first-order valence-electron chi connectivity index (χ1n) is 6.50. The molecule has 1 aromatic carbocycles. The van der Waals surface area contributed by atoms with Crippen molar-refractivity contribution in [2.45, 2.75) is 6.92 Å². The Kier molecular flexibility index (Phi) is 3.21. The van der Waals surface area contributed by atoms with Crippen LogP contribution >= 0.6 is 0 Å². The standard InChI is InChI=1S/C16H14N2O2/c1-2-20-15-9-4-3-7-12(15)16(19)13-11-17-18-10-6-5-8-14(13)18/h3-11H,2H2,1H3. The molecule has 2 heterocycles. The zero-order valence-electron chi connectivity index (χ0n) is 11.1. The number of fused-ring (bicyclic) bond motifs is 1. The monoisotopic (exact) mass is 266 g/mol. The minimum atomic E-state index is -0.0738. The van der Waals surface area contributed by atoms with Gasteiger partial charge in [0.1, 0.15) is 5.75 Å². The van der Waals surface area contributed by atoms with E-state index in [9.17, 15) is 4.79 Å². The highest BCUT2D eigenvalue weighted by atomic mass is 16.5. The Labute approximate surface area is 116 Å². The van der Waals surface area contributed by atoms with Crippen LogP contribution in [0.25, 0.3) is 5.52 Å². The van der Waals surface area contributed by atoms with Crippen LogP contribution in [0.15, 0.2) is 54.9 Å². The number of pyridine rings is 1. The summed E-state index contributed by atoms with van der Waals surface area (Å²) in [6, 6.07) is 12.9. The first kappa shape index (κ1) is 12.4. The van der Waals surface area contributed by atoms with Crippen LogP contribution in [-0.4, -0.2) is 22.0 Å². The van der Waals surface area contributed by atoms with E-state index in [1.165, 1.54) is 0 Å². The fraction of sp³-hybridized carbons (Fsp3) is 0.125. The fourth-order valence-corrected chi connectivity index (χ4v) is 2.19. The van der Waals surface area contributed by atoms with Gasteiger partial charge in [-0.2, -0.15) is 5.10 Å². The molecular formula is C16H14N2O2. The molecule has 0 aliphatic rings.